The Hall–Kier alpha value is -1.62. The van der Waals surface area contributed by atoms with Gasteiger partial charge in [-0.1, -0.05) is 18.2 Å². The predicted molar refractivity (Wildman–Crippen MR) is 84.6 cm³/mol. The lowest BCUT2D eigenvalue weighted by Crippen LogP contribution is -2.15. The third kappa shape index (κ3) is 3.02. The van der Waals surface area contributed by atoms with Crippen LogP contribution in [0.5, 0.6) is 0 Å². The van der Waals surface area contributed by atoms with Crippen LogP contribution in [0.1, 0.15) is 17.5 Å². The molecule has 1 aliphatic heterocycles. The third-order valence-corrected chi connectivity index (χ3v) is 4.25. The molecule has 0 fully saturated rings. The molecule has 2 aromatic carbocycles. The number of para-hydroxylation sites is 1. The number of benzene rings is 2. The number of hydrogen-bond donors (Lipinski definition) is 2. The van der Waals surface area contributed by atoms with Crippen LogP contribution in [0.3, 0.4) is 0 Å². The zero-order valence-corrected chi connectivity index (χ0v) is 12.9. The van der Waals surface area contributed by atoms with E-state index >= 15 is 0 Å². The minimum absolute atomic E-state index is 0.282. The van der Waals surface area contributed by atoms with Crippen molar-refractivity contribution >= 4 is 27.3 Å². The fraction of sp³-hybridized carbons (Fsp3) is 0.250. The molecule has 0 bridgehead atoms. The van der Waals surface area contributed by atoms with Crippen molar-refractivity contribution in [2.45, 2.75) is 19.4 Å². The second-order valence-corrected chi connectivity index (χ2v) is 5.93. The van der Waals surface area contributed by atoms with E-state index in [-0.39, 0.29) is 5.69 Å². The van der Waals surface area contributed by atoms with Crippen molar-refractivity contribution in [3.63, 3.8) is 0 Å². The summed E-state index contributed by atoms with van der Waals surface area (Å²) in [5.74, 6) is -1.19. The summed E-state index contributed by atoms with van der Waals surface area (Å²) in [6.07, 6.45) is 2.19. The van der Waals surface area contributed by atoms with Gasteiger partial charge in [0.2, 0.25) is 0 Å². The fourth-order valence-electron chi connectivity index (χ4n) is 2.62. The molecule has 5 heteroatoms. The first kappa shape index (κ1) is 14.3. The minimum atomic E-state index is -0.598. The lowest BCUT2D eigenvalue weighted by Gasteiger charge is -2.22. The second-order valence-electron chi connectivity index (χ2n) is 5.08. The van der Waals surface area contributed by atoms with Crippen LogP contribution >= 0.6 is 15.9 Å². The van der Waals surface area contributed by atoms with Crippen molar-refractivity contribution in [2.24, 2.45) is 0 Å². The lowest BCUT2D eigenvalue weighted by atomic mass is 9.99. The van der Waals surface area contributed by atoms with E-state index in [2.05, 4.69) is 32.6 Å². The molecule has 0 aromatic heterocycles. The molecule has 0 atom stereocenters. The highest BCUT2D eigenvalue weighted by atomic mass is 79.9. The van der Waals surface area contributed by atoms with E-state index in [0.717, 1.165) is 36.7 Å². The molecule has 1 aliphatic rings. The normalized spacial score (nSPS) is 13.5. The summed E-state index contributed by atoms with van der Waals surface area (Å²) in [7, 11) is 0. The van der Waals surface area contributed by atoms with Gasteiger partial charge in [0.05, 0.1) is 5.69 Å². The molecule has 1 heterocycles. The van der Waals surface area contributed by atoms with Gasteiger partial charge >= 0.3 is 0 Å². The summed E-state index contributed by atoms with van der Waals surface area (Å²) in [5.41, 5.74) is 3.79. The largest absolute Gasteiger partial charge is 0.385 e. The van der Waals surface area contributed by atoms with Gasteiger partial charge in [-0.3, -0.25) is 0 Å². The number of fused-ring (bicyclic) bond motifs is 1. The first-order valence-corrected chi connectivity index (χ1v) is 7.67. The molecule has 0 saturated heterocycles. The Morgan fingerprint density at radius 3 is 2.90 bits per heavy atom. The van der Waals surface area contributed by atoms with Gasteiger partial charge in [-0.25, -0.2) is 8.78 Å². The molecule has 110 valence electrons. The van der Waals surface area contributed by atoms with Gasteiger partial charge in [-0.15, -0.1) is 0 Å². The van der Waals surface area contributed by atoms with Gasteiger partial charge in [-0.05, 0) is 46.0 Å². The quantitative estimate of drug-likeness (QED) is 0.836. The Kier molecular flexibility index (Phi) is 4.10. The maximum Gasteiger partial charge on any atom is 0.150 e. The van der Waals surface area contributed by atoms with Crippen molar-refractivity contribution in [1.29, 1.82) is 0 Å². The average molecular weight is 353 g/mol. The molecular weight excluding hydrogens is 338 g/mol. The smallest absolute Gasteiger partial charge is 0.150 e. The summed E-state index contributed by atoms with van der Waals surface area (Å²) in [4.78, 5) is 0. The van der Waals surface area contributed by atoms with Crippen LogP contribution in [-0.4, -0.2) is 6.54 Å². The third-order valence-electron chi connectivity index (χ3n) is 3.62. The summed E-state index contributed by atoms with van der Waals surface area (Å²) >= 11 is 3.19. The van der Waals surface area contributed by atoms with Crippen LogP contribution in [0.25, 0.3) is 0 Å². The maximum absolute atomic E-state index is 13.8. The second kappa shape index (κ2) is 6.02. The number of nitrogens with one attached hydrogen (secondary N) is 2. The lowest BCUT2D eigenvalue weighted by molar-refractivity contribution is 0.583. The number of rotatable bonds is 3. The Labute approximate surface area is 130 Å². The van der Waals surface area contributed by atoms with E-state index in [4.69, 9.17) is 0 Å². The van der Waals surface area contributed by atoms with Crippen LogP contribution in [0.2, 0.25) is 0 Å². The summed E-state index contributed by atoms with van der Waals surface area (Å²) in [6.45, 7) is 1.44. The topological polar surface area (TPSA) is 24.1 Å². The molecule has 21 heavy (non-hydrogen) atoms. The first-order valence-electron chi connectivity index (χ1n) is 6.88. The summed E-state index contributed by atoms with van der Waals surface area (Å²) in [5, 5.41) is 6.45. The van der Waals surface area contributed by atoms with Crippen LogP contribution in [0.15, 0.2) is 34.8 Å². The van der Waals surface area contributed by atoms with E-state index in [9.17, 15) is 8.78 Å². The average Bonchev–Trinajstić information content (AvgIpc) is 2.46. The molecule has 0 saturated carbocycles. The minimum Gasteiger partial charge on any atom is -0.385 e. The highest BCUT2D eigenvalue weighted by molar-refractivity contribution is 9.10. The van der Waals surface area contributed by atoms with Gasteiger partial charge in [-0.2, -0.15) is 0 Å². The molecule has 0 radical (unpaired) electrons. The predicted octanol–water partition coefficient (Wildman–Crippen LogP) is 4.70. The molecule has 2 N–H and O–H groups in total. The SMILES string of the molecule is Fc1cc(F)c(NCc2cccc3c2NCCC3)c(Br)c1. The molecule has 0 amide bonds. The van der Waals surface area contributed by atoms with Crippen LogP contribution in [0.4, 0.5) is 20.2 Å². The number of hydrogen-bond acceptors (Lipinski definition) is 2. The Bertz CT molecular complexity index is 650. The van der Waals surface area contributed by atoms with E-state index in [1.165, 1.54) is 11.6 Å². The van der Waals surface area contributed by atoms with E-state index in [1.54, 1.807) is 0 Å². The number of aryl methyl sites for hydroxylation is 1. The number of halogens is 3. The Morgan fingerprint density at radius 1 is 1.24 bits per heavy atom. The fourth-order valence-corrected chi connectivity index (χ4v) is 3.17. The van der Waals surface area contributed by atoms with Crippen LogP contribution in [0, 0.1) is 11.6 Å². The summed E-state index contributed by atoms with van der Waals surface area (Å²) < 4.78 is 27.3. The zero-order chi connectivity index (χ0) is 14.8. The van der Waals surface area contributed by atoms with Crippen LogP contribution < -0.4 is 10.6 Å². The molecule has 0 aliphatic carbocycles. The Morgan fingerprint density at radius 2 is 2.10 bits per heavy atom. The first-order chi connectivity index (χ1) is 10.1. The van der Waals surface area contributed by atoms with Gasteiger partial charge in [0, 0.05) is 29.3 Å². The standard InChI is InChI=1S/C16H15BrF2N2/c17-13-7-12(18)8-14(19)16(13)21-9-11-4-1-3-10-5-2-6-20-15(10)11/h1,3-4,7-8,20-21H,2,5-6,9H2. The molecule has 2 nitrogen and oxygen atoms in total. The Balaban J connectivity index is 1.83. The maximum atomic E-state index is 13.8. The molecule has 3 rings (SSSR count). The van der Waals surface area contributed by atoms with Crippen LogP contribution in [-0.2, 0) is 13.0 Å². The summed E-state index contributed by atoms with van der Waals surface area (Å²) in [6, 6.07) is 8.27. The van der Waals surface area contributed by atoms with Crippen molar-refractivity contribution in [1.82, 2.24) is 0 Å². The van der Waals surface area contributed by atoms with E-state index in [1.807, 2.05) is 12.1 Å². The molecular formula is C16H15BrF2N2. The van der Waals surface area contributed by atoms with Crippen molar-refractivity contribution in [3.05, 3.63) is 57.6 Å². The van der Waals surface area contributed by atoms with Crippen molar-refractivity contribution < 1.29 is 8.78 Å². The number of anilines is 2. The highest BCUT2D eigenvalue weighted by Crippen LogP contribution is 2.30. The zero-order valence-electron chi connectivity index (χ0n) is 11.3. The van der Waals surface area contributed by atoms with Gasteiger partial charge < -0.3 is 10.6 Å². The van der Waals surface area contributed by atoms with Gasteiger partial charge in [0.1, 0.15) is 11.6 Å². The van der Waals surface area contributed by atoms with E-state index in [0.29, 0.717) is 11.0 Å². The van der Waals surface area contributed by atoms with Gasteiger partial charge in [0.15, 0.2) is 0 Å². The van der Waals surface area contributed by atoms with Crippen molar-refractivity contribution in [2.75, 3.05) is 17.2 Å². The molecule has 0 unspecified atom stereocenters. The molecule has 2 aromatic rings. The van der Waals surface area contributed by atoms with Gasteiger partial charge in [0.25, 0.3) is 0 Å². The monoisotopic (exact) mass is 352 g/mol. The molecule has 0 spiro atoms. The highest BCUT2D eigenvalue weighted by Gasteiger charge is 2.14. The van der Waals surface area contributed by atoms with Crippen molar-refractivity contribution in [3.8, 4) is 0 Å². The van der Waals surface area contributed by atoms with E-state index < -0.39 is 11.6 Å².